The number of nitrogens with zero attached hydrogens (tertiary/aromatic N) is 2. The van der Waals surface area contributed by atoms with Gasteiger partial charge in [0.25, 0.3) is 17.5 Å². The van der Waals surface area contributed by atoms with Gasteiger partial charge >= 0.3 is 0 Å². The molecule has 8 nitrogen and oxygen atoms in total. The monoisotopic (exact) mass is 381 g/mol. The van der Waals surface area contributed by atoms with Crippen LogP contribution >= 0.6 is 0 Å². The van der Waals surface area contributed by atoms with Crippen molar-refractivity contribution < 1.29 is 19.3 Å². The molecule has 28 heavy (non-hydrogen) atoms. The number of benzene rings is 2. The van der Waals surface area contributed by atoms with E-state index in [2.05, 4.69) is 5.32 Å². The lowest BCUT2D eigenvalue weighted by Gasteiger charge is -2.25. The number of carbonyl (C=O) groups is 3. The number of hydrogen-bond donors (Lipinski definition) is 1. The van der Waals surface area contributed by atoms with Crippen molar-refractivity contribution in [1.29, 1.82) is 0 Å². The first-order chi connectivity index (χ1) is 13.4. The standard InChI is InChI=1S/C20H19N3O5/c1-2-3-8-17(18(24)21-13-9-11-14(12-10-13)23(27)28)22-19(25)15-6-4-5-7-16(15)20(22)26/h4-7,9-12,17H,2-3,8H2,1H3,(H,21,24)/t17-/m0/s1. The maximum atomic E-state index is 12.9. The summed E-state index contributed by atoms with van der Waals surface area (Å²) in [5.41, 5.74) is 0.837. The van der Waals surface area contributed by atoms with Crippen molar-refractivity contribution in [2.75, 3.05) is 5.32 Å². The second-order valence-corrected chi connectivity index (χ2v) is 6.48. The van der Waals surface area contributed by atoms with Gasteiger partial charge in [0, 0.05) is 17.8 Å². The molecule has 0 radical (unpaired) electrons. The van der Waals surface area contributed by atoms with E-state index in [1.807, 2.05) is 6.92 Å². The van der Waals surface area contributed by atoms with Gasteiger partial charge in [0.15, 0.2) is 0 Å². The van der Waals surface area contributed by atoms with Gasteiger partial charge in [-0.2, -0.15) is 0 Å². The molecular weight excluding hydrogens is 362 g/mol. The predicted molar refractivity (Wildman–Crippen MR) is 102 cm³/mol. The molecule has 0 spiro atoms. The summed E-state index contributed by atoms with van der Waals surface area (Å²) < 4.78 is 0. The summed E-state index contributed by atoms with van der Waals surface area (Å²) in [6, 6.07) is 10.9. The highest BCUT2D eigenvalue weighted by molar-refractivity contribution is 6.23. The largest absolute Gasteiger partial charge is 0.324 e. The fraction of sp³-hybridized carbons (Fsp3) is 0.250. The second-order valence-electron chi connectivity index (χ2n) is 6.48. The minimum Gasteiger partial charge on any atom is -0.324 e. The Labute approximate surface area is 161 Å². The van der Waals surface area contributed by atoms with Gasteiger partial charge in [0.2, 0.25) is 5.91 Å². The number of unbranched alkanes of at least 4 members (excludes halogenated alkanes) is 1. The summed E-state index contributed by atoms with van der Waals surface area (Å²) in [6.45, 7) is 1.95. The Bertz CT molecular complexity index is 904. The van der Waals surface area contributed by atoms with Crippen LogP contribution < -0.4 is 5.32 Å². The first kappa shape index (κ1) is 19.2. The molecule has 0 bridgehead atoms. The Balaban J connectivity index is 1.84. The number of nitro groups is 1. The minimum absolute atomic E-state index is 0.0964. The molecule has 0 aromatic heterocycles. The van der Waals surface area contributed by atoms with E-state index in [-0.39, 0.29) is 16.8 Å². The predicted octanol–water partition coefficient (Wildman–Crippen LogP) is 3.39. The molecule has 0 unspecified atom stereocenters. The Morgan fingerprint density at radius 3 is 2.14 bits per heavy atom. The number of hydrogen-bond acceptors (Lipinski definition) is 5. The third-order valence-corrected chi connectivity index (χ3v) is 4.62. The van der Waals surface area contributed by atoms with Gasteiger partial charge in [-0.15, -0.1) is 0 Å². The molecule has 8 heteroatoms. The quantitative estimate of drug-likeness (QED) is 0.449. The molecule has 3 rings (SSSR count). The normalized spacial score (nSPS) is 14.0. The van der Waals surface area contributed by atoms with Gasteiger partial charge in [-0.1, -0.05) is 31.9 Å². The van der Waals surface area contributed by atoms with Gasteiger partial charge < -0.3 is 5.32 Å². The highest BCUT2D eigenvalue weighted by Gasteiger charge is 2.42. The Hall–Kier alpha value is -3.55. The van der Waals surface area contributed by atoms with Crippen LogP contribution in [0, 0.1) is 10.1 Å². The lowest BCUT2D eigenvalue weighted by Crippen LogP contribution is -2.47. The van der Waals surface area contributed by atoms with Crippen LogP contribution in [0.2, 0.25) is 0 Å². The second kappa shape index (κ2) is 7.99. The van der Waals surface area contributed by atoms with Gasteiger partial charge in [0.1, 0.15) is 6.04 Å². The number of imide groups is 1. The number of rotatable bonds is 7. The molecule has 1 aliphatic heterocycles. The summed E-state index contributed by atoms with van der Waals surface area (Å²) >= 11 is 0. The lowest BCUT2D eigenvalue weighted by atomic mass is 10.1. The van der Waals surface area contributed by atoms with E-state index in [1.54, 1.807) is 24.3 Å². The van der Waals surface area contributed by atoms with E-state index in [0.29, 0.717) is 18.5 Å². The molecule has 1 atom stereocenters. The zero-order chi connectivity index (χ0) is 20.3. The van der Waals surface area contributed by atoms with Gasteiger partial charge in [-0.3, -0.25) is 29.4 Å². The summed E-state index contributed by atoms with van der Waals surface area (Å²) in [5.74, 6) is -1.47. The van der Waals surface area contributed by atoms with E-state index < -0.39 is 28.7 Å². The molecule has 2 aromatic carbocycles. The lowest BCUT2D eigenvalue weighted by molar-refractivity contribution is -0.384. The topological polar surface area (TPSA) is 110 Å². The van der Waals surface area contributed by atoms with Crippen molar-refractivity contribution in [2.45, 2.75) is 32.2 Å². The van der Waals surface area contributed by atoms with Crippen molar-refractivity contribution in [3.8, 4) is 0 Å². The van der Waals surface area contributed by atoms with E-state index in [0.717, 1.165) is 11.3 Å². The Morgan fingerprint density at radius 1 is 1.07 bits per heavy atom. The molecular formula is C20H19N3O5. The zero-order valence-corrected chi connectivity index (χ0v) is 15.3. The van der Waals surface area contributed by atoms with Gasteiger partial charge in [0.05, 0.1) is 16.1 Å². The maximum Gasteiger partial charge on any atom is 0.269 e. The number of nitrogens with one attached hydrogen (secondary N) is 1. The van der Waals surface area contributed by atoms with Crippen molar-refractivity contribution in [2.24, 2.45) is 0 Å². The summed E-state index contributed by atoms with van der Waals surface area (Å²) in [5, 5.41) is 13.4. The van der Waals surface area contributed by atoms with E-state index in [4.69, 9.17) is 0 Å². The van der Waals surface area contributed by atoms with Crippen LogP contribution in [-0.2, 0) is 4.79 Å². The van der Waals surface area contributed by atoms with Crippen LogP contribution in [0.1, 0.15) is 46.9 Å². The first-order valence-electron chi connectivity index (χ1n) is 8.96. The van der Waals surface area contributed by atoms with Crippen LogP contribution in [0.4, 0.5) is 11.4 Å². The molecule has 2 aromatic rings. The highest BCUT2D eigenvalue weighted by Crippen LogP contribution is 2.27. The number of carbonyl (C=O) groups excluding carboxylic acids is 3. The van der Waals surface area contributed by atoms with Crippen molar-refractivity contribution >= 4 is 29.1 Å². The van der Waals surface area contributed by atoms with Crippen LogP contribution in [0.5, 0.6) is 0 Å². The summed E-state index contributed by atoms with van der Waals surface area (Å²) in [6.07, 6.45) is 1.79. The first-order valence-corrected chi connectivity index (χ1v) is 8.96. The average Bonchev–Trinajstić information content (AvgIpc) is 2.94. The fourth-order valence-electron chi connectivity index (χ4n) is 3.16. The van der Waals surface area contributed by atoms with E-state index >= 15 is 0 Å². The third-order valence-electron chi connectivity index (χ3n) is 4.62. The van der Waals surface area contributed by atoms with Gasteiger partial charge in [-0.25, -0.2) is 0 Å². The number of amides is 3. The van der Waals surface area contributed by atoms with Crippen molar-refractivity contribution in [3.05, 3.63) is 69.8 Å². The number of fused-ring (bicyclic) bond motifs is 1. The molecule has 1 N–H and O–H groups in total. The van der Waals surface area contributed by atoms with Crippen molar-refractivity contribution in [3.63, 3.8) is 0 Å². The van der Waals surface area contributed by atoms with Crippen LogP contribution in [0.25, 0.3) is 0 Å². The van der Waals surface area contributed by atoms with Crippen LogP contribution in [-0.4, -0.2) is 33.6 Å². The van der Waals surface area contributed by atoms with Crippen molar-refractivity contribution in [1.82, 2.24) is 4.90 Å². The SMILES string of the molecule is CCCC[C@@H](C(=O)Nc1ccc([N+](=O)[O-])cc1)N1C(=O)c2ccccc2C1=O. The Kier molecular flexibility index (Phi) is 5.49. The molecule has 0 fully saturated rings. The summed E-state index contributed by atoms with van der Waals surface area (Å²) in [7, 11) is 0. The van der Waals surface area contributed by atoms with E-state index in [9.17, 15) is 24.5 Å². The number of anilines is 1. The molecule has 3 amide bonds. The Morgan fingerprint density at radius 2 is 1.64 bits per heavy atom. The molecule has 0 aliphatic carbocycles. The average molecular weight is 381 g/mol. The smallest absolute Gasteiger partial charge is 0.269 e. The molecule has 0 saturated carbocycles. The zero-order valence-electron chi connectivity index (χ0n) is 15.3. The highest BCUT2D eigenvalue weighted by atomic mass is 16.6. The number of nitro benzene ring substituents is 1. The van der Waals surface area contributed by atoms with Crippen LogP contribution in [0.3, 0.4) is 0 Å². The van der Waals surface area contributed by atoms with Gasteiger partial charge in [-0.05, 0) is 30.7 Å². The molecule has 1 heterocycles. The number of non-ortho nitro benzene ring substituents is 1. The van der Waals surface area contributed by atoms with E-state index in [1.165, 1.54) is 24.3 Å². The molecule has 144 valence electrons. The summed E-state index contributed by atoms with van der Waals surface area (Å²) in [4.78, 5) is 49.6. The van der Waals surface area contributed by atoms with Crippen LogP contribution in [0.15, 0.2) is 48.5 Å². The minimum atomic E-state index is -0.956. The third kappa shape index (κ3) is 3.62. The maximum absolute atomic E-state index is 12.9. The molecule has 0 saturated heterocycles. The fourth-order valence-corrected chi connectivity index (χ4v) is 3.16. The molecule has 1 aliphatic rings.